The van der Waals surface area contributed by atoms with Gasteiger partial charge in [0.15, 0.2) is 0 Å². The number of nitrogens with one attached hydrogen (secondary N) is 1. The standard InChI is InChI=1S/C16H16FN3O4/c1-10(16(23)24-2)18-14(21)9-20-15(22)8-7-13(19-20)11-5-3-4-6-12(11)17/h3-8,10H,9H2,1-2H3,(H,18,21). The first-order valence-corrected chi connectivity index (χ1v) is 7.12. The molecule has 24 heavy (non-hydrogen) atoms. The molecule has 0 aliphatic carbocycles. The first kappa shape index (κ1) is 17.3. The number of carbonyl (C=O) groups excluding carboxylic acids is 2. The molecular weight excluding hydrogens is 317 g/mol. The van der Waals surface area contributed by atoms with Gasteiger partial charge in [0.2, 0.25) is 5.91 Å². The highest BCUT2D eigenvalue weighted by atomic mass is 19.1. The van der Waals surface area contributed by atoms with Crippen molar-refractivity contribution in [3.8, 4) is 11.3 Å². The van der Waals surface area contributed by atoms with Gasteiger partial charge >= 0.3 is 5.97 Å². The fourth-order valence-electron chi connectivity index (χ4n) is 2.03. The topological polar surface area (TPSA) is 90.3 Å². The minimum Gasteiger partial charge on any atom is -0.467 e. The molecule has 1 aromatic carbocycles. The summed E-state index contributed by atoms with van der Waals surface area (Å²) in [5, 5.41) is 6.39. The maximum atomic E-state index is 13.8. The van der Waals surface area contributed by atoms with E-state index < -0.39 is 35.8 Å². The zero-order chi connectivity index (χ0) is 17.7. The lowest BCUT2D eigenvalue weighted by molar-refractivity contribution is -0.144. The highest BCUT2D eigenvalue weighted by molar-refractivity contribution is 5.83. The number of esters is 1. The normalized spacial score (nSPS) is 11.6. The number of aromatic nitrogens is 2. The highest BCUT2D eigenvalue weighted by Gasteiger charge is 2.17. The quantitative estimate of drug-likeness (QED) is 0.815. The summed E-state index contributed by atoms with van der Waals surface area (Å²) in [5.41, 5.74) is -0.0768. The van der Waals surface area contributed by atoms with Crippen molar-refractivity contribution in [1.29, 1.82) is 0 Å². The Kier molecular flexibility index (Phi) is 5.41. The SMILES string of the molecule is COC(=O)C(C)NC(=O)Cn1nc(-c2ccccc2F)ccc1=O. The van der Waals surface area contributed by atoms with Crippen LogP contribution in [0.1, 0.15) is 6.92 Å². The summed E-state index contributed by atoms with van der Waals surface area (Å²) in [4.78, 5) is 35.0. The average Bonchev–Trinajstić information content (AvgIpc) is 2.56. The molecule has 8 heteroatoms. The summed E-state index contributed by atoms with van der Waals surface area (Å²) in [6, 6.07) is 7.70. The number of ether oxygens (including phenoxy) is 1. The zero-order valence-electron chi connectivity index (χ0n) is 13.2. The highest BCUT2D eigenvalue weighted by Crippen LogP contribution is 2.18. The molecule has 0 fully saturated rings. The summed E-state index contributed by atoms with van der Waals surface area (Å²) in [7, 11) is 1.20. The molecule has 0 radical (unpaired) electrons. The number of carbonyl (C=O) groups is 2. The Labute approximate surface area is 137 Å². The molecular formula is C16H16FN3O4. The second-order valence-electron chi connectivity index (χ2n) is 5.01. The number of benzene rings is 1. The van der Waals surface area contributed by atoms with Crippen molar-refractivity contribution in [1.82, 2.24) is 15.1 Å². The Morgan fingerprint density at radius 3 is 2.67 bits per heavy atom. The molecule has 0 bridgehead atoms. The van der Waals surface area contributed by atoms with Gasteiger partial charge in [-0.3, -0.25) is 9.59 Å². The van der Waals surface area contributed by atoms with Gasteiger partial charge in [-0.15, -0.1) is 0 Å². The van der Waals surface area contributed by atoms with Crippen LogP contribution in [0.4, 0.5) is 4.39 Å². The minimum atomic E-state index is -0.854. The van der Waals surface area contributed by atoms with Gasteiger partial charge in [0.1, 0.15) is 18.4 Å². The Morgan fingerprint density at radius 1 is 1.29 bits per heavy atom. The first-order valence-electron chi connectivity index (χ1n) is 7.12. The van der Waals surface area contributed by atoms with E-state index in [9.17, 15) is 18.8 Å². The van der Waals surface area contributed by atoms with Gasteiger partial charge in [-0.1, -0.05) is 12.1 Å². The maximum Gasteiger partial charge on any atom is 0.328 e. The van der Waals surface area contributed by atoms with E-state index in [1.54, 1.807) is 6.07 Å². The molecule has 0 aliphatic heterocycles. The Balaban J connectivity index is 2.21. The van der Waals surface area contributed by atoms with Crippen molar-refractivity contribution < 1.29 is 18.7 Å². The van der Waals surface area contributed by atoms with Gasteiger partial charge in [0, 0.05) is 11.6 Å². The Bertz CT molecular complexity index is 819. The van der Waals surface area contributed by atoms with Crippen molar-refractivity contribution in [2.45, 2.75) is 19.5 Å². The monoisotopic (exact) mass is 333 g/mol. The third kappa shape index (κ3) is 4.03. The molecule has 7 nitrogen and oxygen atoms in total. The van der Waals surface area contributed by atoms with Gasteiger partial charge < -0.3 is 10.1 Å². The van der Waals surface area contributed by atoms with Crippen molar-refractivity contribution in [3.05, 3.63) is 52.6 Å². The number of amides is 1. The first-order chi connectivity index (χ1) is 11.4. The van der Waals surface area contributed by atoms with Crippen LogP contribution in [-0.2, 0) is 20.9 Å². The average molecular weight is 333 g/mol. The van der Waals surface area contributed by atoms with Crippen molar-refractivity contribution in [3.63, 3.8) is 0 Å². The molecule has 0 aliphatic rings. The summed E-state index contributed by atoms with van der Waals surface area (Å²) in [6.45, 7) is 1.05. The zero-order valence-corrected chi connectivity index (χ0v) is 13.2. The smallest absolute Gasteiger partial charge is 0.328 e. The molecule has 1 aromatic heterocycles. The molecule has 1 unspecified atom stereocenters. The lowest BCUT2D eigenvalue weighted by atomic mass is 10.1. The molecule has 0 saturated carbocycles. The number of methoxy groups -OCH3 is 1. The Morgan fingerprint density at radius 2 is 2.00 bits per heavy atom. The van der Waals surface area contributed by atoms with Crippen LogP contribution in [0.5, 0.6) is 0 Å². The predicted octanol–water partition coefficient (Wildman–Crippen LogP) is 0.727. The molecule has 126 valence electrons. The molecule has 1 amide bonds. The van der Waals surface area contributed by atoms with Crippen LogP contribution in [0.3, 0.4) is 0 Å². The maximum absolute atomic E-state index is 13.8. The van der Waals surface area contributed by atoms with E-state index in [2.05, 4.69) is 15.2 Å². The van der Waals surface area contributed by atoms with E-state index >= 15 is 0 Å². The van der Waals surface area contributed by atoms with Crippen LogP contribution in [0.25, 0.3) is 11.3 Å². The molecule has 1 N–H and O–H groups in total. The number of nitrogens with zero attached hydrogens (tertiary/aromatic N) is 2. The lowest BCUT2D eigenvalue weighted by Crippen LogP contribution is -2.42. The van der Waals surface area contributed by atoms with Crippen molar-refractivity contribution >= 4 is 11.9 Å². The lowest BCUT2D eigenvalue weighted by Gasteiger charge is -2.12. The fourth-order valence-corrected chi connectivity index (χ4v) is 2.03. The second-order valence-corrected chi connectivity index (χ2v) is 5.01. The molecule has 2 aromatic rings. The molecule has 1 atom stereocenters. The summed E-state index contributed by atoms with van der Waals surface area (Å²) in [5.74, 6) is -1.68. The van der Waals surface area contributed by atoms with Crippen LogP contribution in [0.2, 0.25) is 0 Å². The van der Waals surface area contributed by atoms with E-state index in [1.165, 1.54) is 44.4 Å². The third-order valence-corrected chi connectivity index (χ3v) is 3.24. The minimum absolute atomic E-state index is 0.217. The van der Waals surface area contributed by atoms with Crippen LogP contribution in [0, 0.1) is 5.82 Å². The van der Waals surface area contributed by atoms with Crippen LogP contribution in [-0.4, -0.2) is 34.8 Å². The second kappa shape index (κ2) is 7.49. The van der Waals surface area contributed by atoms with E-state index in [4.69, 9.17) is 0 Å². The largest absolute Gasteiger partial charge is 0.467 e. The van der Waals surface area contributed by atoms with Crippen molar-refractivity contribution in [2.24, 2.45) is 0 Å². The molecule has 0 spiro atoms. The van der Waals surface area contributed by atoms with Crippen LogP contribution >= 0.6 is 0 Å². The van der Waals surface area contributed by atoms with Gasteiger partial charge in [-0.05, 0) is 25.1 Å². The van der Waals surface area contributed by atoms with Crippen molar-refractivity contribution in [2.75, 3.05) is 7.11 Å². The van der Waals surface area contributed by atoms with Crippen LogP contribution < -0.4 is 10.9 Å². The fraction of sp³-hybridized carbons (Fsp3) is 0.250. The summed E-state index contributed by atoms with van der Waals surface area (Å²) in [6.07, 6.45) is 0. The van der Waals surface area contributed by atoms with E-state index in [1.807, 2.05) is 0 Å². The number of halogens is 1. The molecule has 2 rings (SSSR count). The Hall–Kier alpha value is -3.03. The summed E-state index contributed by atoms with van der Waals surface area (Å²) >= 11 is 0. The van der Waals surface area contributed by atoms with Gasteiger partial charge in [0.05, 0.1) is 12.8 Å². The molecule has 0 saturated heterocycles. The van der Waals surface area contributed by atoms with E-state index in [0.29, 0.717) is 0 Å². The number of hydrogen-bond acceptors (Lipinski definition) is 5. The van der Waals surface area contributed by atoms with Gasteiger partial charge in [-0.25, -0.2) is 13.9 Å². The number of hydrogen-bond donors (Lipinski definition) is 1. The van der Waals surface area contributed by atoms with Gasteiger partial charge in [0.25, 0.3) is 5.56 Å². The predicted molar refractivity (Wildman–Crippen MR) is 83.5 cm³/mol. The molecule has 1 heterocycles. The number of rotatable bonds is 5. The van der Waals surface area contributed by atoms with E-state index in [-0.39, 0.29) is 11.3 Å². The van der Waals surface area contributed by atoms with E-state index in [0.717, 1.165) is 4.68 Å². The summed E-state index contributed by atoms with van der Waals surface area (Å²) < 4.78 is 19.2. The van der Waals surface area contributed by atoms with Crippen LogP contribution in [0.15, 0.2) is 41.2 Å². The third-order valence-electron chi connectivity index (χ3n) is 3.24. The van der Waals surface area contributed by atoms with Gasteiger partial charge in [-0.2, -0.15) is 5.10 Å².